The highest BCUT2D eigenvalue weighted by molar-refractivity contribution is 6.11. The lowest BCUT2D eigenvalue weighted by atomic mass is 9.81. The van der Waals surface area contributed by atoms with Gasteiger partial charge in [0.05, 0.1) is 22.1 Å². The van der Waals surface area contributed by atoms with Crippen LogP contribution >= 0.6 is 0 Å². The normalized spacial score (nSPS) is 13.4. The van der Waals surface area contributed by atoms with Crippen LogP contribution in [0.15, 0.2) is 182 Å². The Morgan fingerprint density at radius 3 is 1.40 bits per heavy atom. The van der Waals surface area contributed by atoms with Crippen LogP contribution in [0.25, 0.3) is 98.8 Å². The average molecular weight is 701 g/mol. The van der Waals surface area contributed by atoms with Crippen molar-refractivity contribution in [1.29, 1.82) is 0 Å². The summed E-state index contributed by atoms with van der Waals surface area (Å²) in [6.07, 6.45) is 0. The standard InChI is InChI=1S/C53H36N2/c1-53(2)47-29-34-13-4-3-12-33(34)27-45(47)46-28-38-26-35(22-23-36(38)30-48(46)53)37-24-25-44-43-18-7-10-21-51(43)55(52(44)31-37)40-15-11-14-39(32-40)54-49-19-8-5-16-41(49)42-17-6-9-20-50(42)54/h3-32H,1-2H3. The zero-order valence-electron chi connectivity index (χ0n) is 30.7. The smallest absolute Gasteiger partial charge is 0.0547 e. The van der Waals surface area contributed by atoms with Crippen LogP contribution in [0.1, 0.15) is 25.0 Å². The maximum Gasteiger partial charge on any atom is 0.0547 e. The first-order chi connectivity index (χ1) is 27.0. The van der Waals surface area contributed by atoms with E-state index in [4.69, 9.17) is 0 Å². The van der Waals surface area contributed by atoms with Gasteiger partial charge in [-0.25, -0.2) is 0 Å². The summed E-state index contributed by atoms with van der Waals surface area (Å²) in [6, 6.07) is 67.7. The Morgan fingerprint density at radius 2 is 0.782 bits per heavy atom. The van der Waals surface area contributed by atoms with E-state index in [1.807, 2.05) is 0 Å². The monoisotopic (exact) mass is 700 g/mol. The predicted molar refractivity (Wildman–Crippen MR) is 233 cm³/mol. The molecule has 1 aliphatic carbocycles. The average Bonchev–Trinajstić information content (AvgIpc) is 3.82. The molecule has 11 aromatic rings. The molecule has 0 spiro atoms. The zero-order valence-corrected chi connectivity index (χ0v) is 30.7. The summed E-state index contributed by atoms with van der Waals surface area (Å²) in [5.41, 5.74) is 15.1. The number of fused-ring (bicyclic) bond motifs is 11. The van der Waals surface area contributed by atoms with Gasteiger partial charge in [-0.2, -0.15) is 0 Å². The van der Waals surface area contributed by atoms with Crippen LogP contribution in [0.3, 0.4) is 0 Å². The van der Waals surface area contributed by atoms with E-state index < -0.39 is 0 Å². The molecule has 0 aliphatic heterocycles. The minimum absolute atomic E-state index is 0.0567. The maximum atomic E-state index is 2.45. The van der Waals surface area contributed by atoms with Crippen molar-refractivity contribution >= 4 is 65.2 Å². The quantitative estimate of drug-likeness (QED) is 0.174. The van der Waals surface area contributed by atoms with Gasteiger partial charge >= 0.3 is 0 Å². The van der Waals surface area contributed by atoms with Gasteiger partial charge in [0, 0.05) is 38.3 Å². The molecule has 0 bridgehead atoms. The summed E-state index contributed by atoms with van der Waals surface area (Å²) in [4.78, 5) is 0. The SMILES string of the molecule is CC1(C)c2cc3ccccc3cc2-c2cc3cc(-c4ccc5c6ccccc6n(-c6cccc(-n7c8ccccc8c8ccccc87)c6)c5c4)ccc3cc21. The molecule has 0 saturated carbocycles. The highest BCUT2D eigenvalue weighted by atomic mass is 15.0. The van der Waals surface area contributed by atoms with Crippen molar-refractivity contribution in [2.45, 2.75) is 19.3 Å². The Kier molecular flexibility index (Phi) is 6.15. The molecule has 9 aromatic carbocycles. The molecule has 0 atom stereocenters. The highest BCUT2D eigenvalue weighted by Gasteiger charge is 2.36. The largest absolute Gasteiger partial charge is 0.309 e. The number of hydrogen-bond donors (Lipinski definition) is 0. The van der Waals surface area contributed by atoms with Crippen LogP contribution in [0.4, 0.5) is 0 Å². The number of nitrogens with zero attached hydrogens (tertiary/aromatic N) is 2. The lowest BCUT2D eigenvalue weighted by Gasteiger charge is -2.22. The molecule has 2 heteroatoms. The van der Waals surface area contributed by atoms with Crippen molar-refractivity contribution in [2.75, 3.05) is 0 Å². The van der Waals surface area contributed by atoms with E-state index in [2.05, 4.69) is 205 Å². The van der Waals surface area contributed by atoms with E-state index in [9.17, 15) is 0 Å². The van der Waals surface area contributed by atoms with Crippen molar-refractivity contribution in [3.8, 4) is 33.6 Å². The first kappa shape index (κ1) is 30.6. The molecule has 55 heavy (non-hydrogen) atoms. The van der Waals surface area contributed by atoms with Crippen molar-refractivity contribution in [2.24, 2.45) is 0 Å². The molecule has 0 amide bonds. The summed E-state index contributed by atoms with van der Waals surface area (Å²) in [7, 11) is 0. The molecule has 0 fully saturated rings. The van der Waals surface area contributed by atoms with Crippen LogP contribution < -0.4 is 0 Å². The summed E-state index contributed by atoms with van der Waals surface area (Å²) >= 11 is 0. The van der Waals surface area contributed by atoms with Gasteiger partial charge in [-0.1, -0.05) is 123 Å². The van der Waals surface area contributed by atoms with E-state index in [1.165, 1.54) is 98.5 Å². The Balaban J connectivity index is 1.03. The lowest BCUT2D eigenvalue weighted by molar-refractivity contribution is 0.662. The summed E-state index contributed by atoms with van der Waals surface area (Å²) in [6.45, 7) is 4.75. The van der Waals surface area contributed by atoms with Gasteiger partial charge in [-0.3, -0.25) is 0 Å². The fourth-order valence-electron chi connectivity index (χ4n) is 9.74. The maximum absolute atomic E-state index is 2.45. The summed E-state index contributed by atoms with van der Waals surface area (Å²) in [5.74, 6) is 0. The van der Waals surface area contributed by atoms with E-state index in [0.29, 0.717) is 0 Å². The van der Waals surface area contributed by atoms with Gasteiger partial charge in [-0.05, 0) is 128 Å². The van der Waals surface area contributed by atoms with Crippen LogP contribution in [0, 0.1) is 0 Å². The third-order valence-corrected chi connectivity index (χ3v) is 12.4. The zero-order chi connectivity index (χ0) is 36.4. The van der Waals surface area contributed by atoms with Crippen molar-refractivity contribution in [1.82, 2.24) is 9.13 Å². The summed E-state index contributed by atoms with van der Waals surface area (Å²) < 4.78 is 4.85. The number of rotatable bonds is 3. The fourth-order valence-corrected chi connectivity index (χ4v) is 9.74. The van der Waals surface area contributed by atoms with Crippen molar-refractivity contribution in [3.05, 3.63) is 193 Å². The van der Waals surface area contributed by atoms with Gasteiger partial charge < -0.3 is 9.13 Å². The molecule has 2 aromatic heterocycles. The van der Waals surface area contributed by atoms with E-state index >= 15 is 0 Å². The van der Waals surface area contributed by atoms with Gasteiger partial charge in [0.2, 0.25) is 0 Å². The molecule has 2 nitrogen and oxygen atoms in total. The first-order valence-electron chi connectivity index (χ1n) is 19.3. The molecule has 0 unspecified atom stereocenters. The minimum Gasteiger partial charge on any atom is -0.309 e. The Labute approximate surface area is 319 Å². The van der Waals surface area contributed by atoms with Crippen LogP contribution in [-0.4, -0.2) is 9.13 Å². The van der Waals surface area contributed by atoms with Crippen LogP contribution in [0.5, 0.6) is 0 Å². The van der Waals surface area contributed by atoms with Gasteiger partial charge in [0.1, 0.15) is 0 Å². The highest BCUT2D eigenvalue weighted by Crippen LogP contribution is 2.51. The van der Waals surface area contributed by atoms with Crippen molar-refractivity contribution in [3.63, 3.8) is 0 Å². The van der Waals surface area contributed by atoms with Gasteiger partial charge in [0.25, 0.3) is 0 Å². The van der Waals surface area contributed by atoms with E-state index in [0.717, 1.165) is 11.4 Å². The molecular weight excluding hydrogens is 665 g/mol. The Hall–Kier alpha value is -6.90. The molecule has 258 valence electrons. The third-order valence-electron chi connectivity index (χ3n) is 12.4. The number of hydrogen-bond acceptors (Lipinski definition) is 0. The molecule has 0 N–H and O–H groups in total. The second-order valence-electron chi connectivity index (χ2n) is 15.8. The van der Waals surface area contributed by atoms with E-state index in [-0.39, 0.29) is 5.41 Å². The van der Waals surface area contributed by atoms with Crippen molar-refractivity contribution < 1.29 is 0 Å². The van der Waals surface area contributed by atoms with Crippen LogP contribution in [0.2, 0.25) is 0 Å². The van der Waals surface area contributed by atoms with Crippen LogP contribution in [-0.2, 0) is 5.41 Å². The second kappa shape index (κ2) is 11.1. The number of para-hydroxylation sites is 3. The fraction of sp³-hybridized carbons (Fsp3) is 0.0566. The number of aromatic nitrogens is 2. The molecule has 12 rings (SSSR count). The topological polar surface area (TPSA) is 9.86 Å². The molecule has 0 radical (unpaired) electrons. The Morgan fingerprint density at radius 1 is 0.327 bits per heavy atom. The summed E-state index contributed by atoms with van der Waals surface area (Å²) in [5, 5.41) is 10.2. The Bertz CT molecular complexity index is 3350. The molecular formula is C53H36N2. The lowest BCUT2D eigenvalue weighted by Crippen LogP contribution is -2.14. The first-order valence-corrected chi connectivity index (χ1v) is 19.3. The minimum atomic E-state index is -0.0567. The van der Waals surface area contributed by atoms with Gasteiger partial charge in [0.15, 0.2) is 0 Å². The second-order valence-corrected chi connectivity index (χ2v) is 15.8. The number of benzene rings is 9. The third kappa shape index (κ3) is 4.31. The van der Waals surface area contributed by atoms with E-state index in [1.54, 1.807) is 0 Å². The predicted octanol–water partition coefficient (Wildman–Crippen LogP) is 14.2. The van der Waals surface area contributed by atoms with Gasteiger partial charge in [-0.15, -0.1) is 0 Å². The molecule has 2 heterocycles. The molecule has 1 aliphatic rings. The molecule has 0 saturated heterocycles.